The highest BCUT2D eigenvalue weighted by atomic mass is 16.6. The lowest BCUT2D eigenvalue weighted by atomic mass is 10.1. The summed E-state index contributed by atoms with van der Waals surface area (Å²) in [5.74, 6) is -1.08. The highest BCUT2D eigenvalue weighted by molar-refractivity contribution is 6.05. The van der Waals surface area contributed by atoms with E-state index in [0.29, 0.717) is 11.1 Å². The van der Waals surface area contributed by atoms with Crippen molar-refractivity contribution in [1.82, 2.24) is 0 Å². The Kier molecular flexibility index (Phi) is 1.48. The minimum absolute atomic E-state index is 0.0953. The number of carbonyl (C=O) groups is 2. The highest BCUT2D eigenvalue weighted by Crippen LogP contribution is 2.29. The molecule has 4 nitrogen and oxygen atoms in total. The molecule has 0 atom stereocenters. The number of benzene rings is 1. The minimum atomic E-state index is -0.697. The predicted molar refractivity (Wildman–Crippen MR) is 50.3 cm³/mol. The SMILES string of the molecule is O=C1Cc2c(oc3ccccc23)C(=O)O1. The molecule has 0 saturated heterocycles. The Morgan fingerprint density at radius 3 is 2.80 bits per heavy atom. The summed E-state index contributed by atoms with van der Waals surface area (Å²) >= 11 is 0. The third-order valence-corrected chi connectivity index (χ3v) is 2.41. The number of furan rings is 1. The van der Waals surface area contributed by atoms with Crippen molar-refractivity contribution in [3.05, 3.63) is 35.6 Å². The highest BCUT2D eigenvalue weighted by Gasteiger charge is 2.30. The first kappa shape index (κ1) is 8.23. The molecule has 0 bridgehead atoms. The van der Waals surface area contributed by atoms with E-state index in [4.69, 9.17) is 4.42 Å². The van der Waals surface area contributed by atoms with Crippen molar-refractivity contribution in [2.75, 3.05) is 0 Å². The fourth-order valence-corrected chi connectivity index (χ4v) is 1.77. The monoisotopic (exact) mass is 202 g/mol. The maximum Gasteiger partial charge on any atom is 0.382 e. The van der Waals surface area contributed by atoms with E-state index in [1.807, 2.05) is 18.2 Å². The second-order valence-corrected chi connectivity index (χ2v) is 3.34. The molecule has 0 fully saturated rings. The average molecular weight is 202 g/mol. The number of esters is 2. The molecule has 15 heavy (non-hydrogen) atoms. The Labute approximate surface area is 84.4 Å². The van der Waals surface area contributed by atoms with Crippen LogP contribution in [0, 0.1) is 0 Å². The fourth-order valence-electron chi connectivity index (χ4n) is 1.77. The van der Waals surface area contributed by atoms with Gasteiger partial charge in [0.1, 0.15) is 5.58 Å². The number of fused-ring (bicyclic) bond motifs is 3. The normalized spacial score (nSPS) is 15.2. The Morgan fingerprint density at radius 1 is 1.13 bits per heavy atom. The molecule has 0 N–H and O–H groups in total. The van der Waals surface area contributed by atoms with E-state index in [9.17, 15) is 9.59 Å². The van der Waals surface area contributed by atoms with Crippen molar-refractivity contribution >= 4 is 22.9 Å². The van der Waals surface area contributed by atoms with Gasteiger partial charge in [-0.25, -0.2) is 4.79 Å². The number of carbonyl (C=O) groups excluding carboxylic acids is 2. The summed E-state index contributed by atoms with van der Waals surface area (Å²) < 4.78 is 9.79. The molecule has 1 aromatic carbocycles. The maximum atomic E-state index is 11.3. The van der Waals surface area contributed by atoms with Crippen LogP contribution in [0.4, 0.5) is 0 Å². The van der Waals surface area contributed by atoms with Gasteiger partial charge >= 0.3 is 11.9 Å². The van der Waals surface area contributed by atoms with E-state index in [2.05, 4.69) is 4.74 Å². The van der Waals surface area contributed by atoms with Crippen LogP contribution in [0.5, 0.6) is 0 Å². The molecule has 2 aromatic rings. The zero-order valence-electron chi connectivity index (χ0n) is 7.65. The summed E-state index contributed by atoms with van der Waals surface area (Å²) in [5, 5.41) is 0.803. The summed E-state index contributed by atoms with van der Waals surface area (Å²) in [6, 6.07) is 7.22. The molecule has 0 unspecified atom stereocenters. The van der Waals surface area contributed by atoms with E-state index >= 15 is 0 Å². The molecule has 0 amide bonds. The van der Waals surface area contributed by atoms with Crippen molar-refractivity contribution in [2.45, 2.75) is 6.42 Å². The van der Waals surface area contributed by atoms with Gasteiger partial charge in [-0.3, -0.25) is 4.79 Å². The molecule has 1 aromatic heterocycles. The van der Waals surface area contributed by atoms with Crippen LogP contribution >= 0.6 is 0 Å². The Morgan fingerprint density at radius 2 is 1.93 bits per heavy atom. The van der Waals surface area contributed by atoms with Crippen LogP contribution in [0.2, 0.25) is 0 Å². The predicted octanol–water partition coefficient (Wildman–Crippen LogP) is 1.67. The van der Waals surface area contributed by atoms with Crippen molar-refractivity contribution in [2.24, 2.45) is 0 Å². The molecular weight excluding hydrogens is 196 g/mol. The van der Waals surface area contributed by atoms with Crippen LogP contribution in [-0.4, -0.2) is 11.9 Å². The summed E-state index contributed by atoms with van der Waals surface area (Å²) in [6.45, 7) is 0. The van der Waals surface area contributed by atoms with Crippen LogP contribution in [0.15, 0.2) is 28.7 Å². The number of hydrogen-bond acceptors (Lipinski definition) is 4. The van der Waals surface area contributed by atoms with E-state index < -0.39 is 11.9 Å². The molecule has 2 heterocycles. The smallest absolute Gasteiger partial charge is 0.382 e. The van der Waals surface area contributed by atoms with Crippen molar-refractivity contribution in [3.8, 4) is 0 Å². The summed E-state index contributed by atoms with van der Waals surface area (Å²) in [6.07, 6.45) is 0.0953. The number of para-hydroxylation sites is 1. The van der Waals surface area contributed by atoms with Gasteiger partial charge in [0.2, 0.25) is 5.76 Å². The van der Waals surface area contributed by atoms with E-state index in [0.717, 1.165) is 5.39 Å². The minimum Gasteiger partial charge on any atom is -0.449 e. The van der Waals surface area contributed by atoms with Gasteiger partial charge in [-0.05, 0) is 6.07 Å². The van der Waals surface area contributed by atoms with Crippen LogP contribution < -0.4 is 0 Å². The Balaban J connectivity index is 2.36. The maximum absolute atomic E-state index is 11.3. The third-order valence-electron chi connectivity index (χ3n) is 2.41. The number of ether oxygens (including phenoxy) is 1. The van der Waals surface area contributed by atoms with Gasteiger partial charge in [0.25, 0.3) is 0 Å². The fraction of sp³-hybridized carbons (Fsp3) is 0.0909. The number of cyclic esters (lactones) is 2. The molecule has 1 aliphatic rings. The first-order chi connectivity index (χ1) is 7.25. The Hall–Kier alpha value is -2.10. The zero-order chi connectivity index (χ0) is 10.4. The first-order valence-corrected chi connectivity index (χ1v) is 4.51. The Bertz CT molecular complexity index is 579. The second kappa shape index (κ2) is 2.70. The van der Waals surface area contributed by atoms with Crippen molar-refractivity contribution in [3.63, 3.8) is 0 Å². The standard InChI is InChI=1S/C11H6O4/c12-9-5-7-6-3-1-2-4-8(6)14-10(7)11(13)15-9/h1-4H,5H2. The summed E-state index contributed by atoms with van der Waals surface area (Å²) in [4.78, 5) is 22.4. The molecule has 3 rings (SSSR count). The first-order valence-electron chi connectivity index (χ1n) is 4.51. The van der Waals surface area contributed by atoms with E-state index in [-0.39, 0.29) is 12.2 Å². The third kappa shape index (κ3) is 1.08. The second-order valence-electron chi connectivity index (χ2n) is 3.34. The van der Waals surface area contributed by atoms with Crippen LogP contribution in [0.3, 0.4) is 0 Å². The van der Waals surface area contributed by atoms with E-state index in [1.54, 1.807) is 6.07 Å². The van der Waals surface area contributed by atoms with Gasteiger partial charge in [-0.15, -0.1) is 0 Å². The lowest BCUT2D eigenvalue weighted by Gasteiger charge is -2.07. The molecule has 0 saturated carbocycles. The number of rotatable bonds is 0. The van der Waals surface area contributed by atoms with E-state index in [1.165, 1.54) is 0 Å². The van der Waals surface area contributed by atoms with Crippen LogP contribution in [0.1, 0.15) is 16.1 Å². The van der Waals surface area contributed by atoms with Gasteiger partial charge < -0.3 is 9.15 Å². The van der Waals surface area contributed by atoms with Gasteiger partial charge in [0.15, 0.2) is 0 Å². The molecule has 74 valence electrons. The lowest BCUT2D eigenvalue weighted by molar-refractivity contribution is -0.138. The van der Waals surface area contributed by atoms with Crippen LogP contribution in [-0.2, 0) is 16.0 Å². The van der Waals surface area contributed by atoms with Crippen LogP contribution in [0.25, 0.3) is 11.0 Å². The molecule has 0 spiro atoms. The number of hydrogen-bond donors (Lipinski definition) is 0. The molecular formula is C11H6O4. The largest absolute Gasteiger partial charge is 0.449 e. The van der Waals surface area contributed by atoms with Crippen molar-refractivity contribution in [1.29, 1.82) is 0 Å². The van der Waals surface area contributed by atoms with Crippen molar-refractivity contribution < 1.29 is 18.7 Å². The molecule has 4 heteroatoms. The lowest BCUT2D eigenvalue weighted by Crippen LogP contribution is -2.21. The molecule has 1 aliphatic heterocycles. The topological polar surface area (TPSA) is 56.5 Å². The van der Waals surface area contributed by atoms with Gasteiger partial charge in [0, 0.05) is 10.9 Å². The summed E-state index contributed by atoms with van der Waals surface area (Å²) in [7, 11) is 0. The summed E-state index contributed by atoms with van der Waals surface area (Å²) in [5.41, 5.74) is 1.24. The zero-order valence-corrected chi connectivity index (χ0v) is 7.65. The van der Waals surface area contributed by atoms with Gasteiger partial charge in [0.05, 0.1) is 6.42 Å². The molecule has 0 radical (unpaired) electrons. The van der Waals surface area contributed by atoms with Gasteiger partial charge in [-0.2, -0.15) is 0 Å². The quantitative estimate of drug-likeness (QED) is 0.481. The average Bonchev–Trinajstić information content (AvgIpc) is 2.57. The van der Waals surface area contributed by atoms with Gasteiger partial charge in [-0.1, -0.05) is 18.2 Å². The molecule has 0 aliphatic carbocycles.